The van der Waals surface area contributed by atoms with Crippen molar-refractivity contribution in [2.45, 2.75) is 51.7 Å². The molecule has 3 N–H and O–H groups in total. The van der Waals surface area contributed by atoms with E-state index in [2.05, 4.69) is 21.3 Å². The molecule has 30 heavy (non-hydrogen) atoms. The summed E-state index contributed by atoms with van der Waals surface area (Å²) in [5.41, 5.74) is 2.06. The summed E-state index contributed by atoms with van der Waals surface area (Å²) in [6, 6.07) is 12.0. The highest BCUT2D eigenvalue weighted by Gasteiger charge is 2.28. The van der Waals surface area contributed by atoms with Crippen molar-refractivity contribution in [3.63, 3.8) is 0 Å². The third kappa shape index (κ3) is 3.95. The third-order valence-electron chi connectivity index (χ3n) is 6.02. The molecule has 0 unspecified atom stereocenters. The van der Waals surface area contributed by atoms with E-state index in [-0.39, 0.29) is 18.4 Å². The van der Waals surface area contributed by atoms with Crippen LogP contribution in [0.1, 0.15) is 39.3 Å². The Balaban J connectivity index is 1.76. The number of hydrogen-bond donors (Lipinski definition) is 3. The number of aromatic amines is 1. The fourth-order valence-corrected chi connectivity index (χ4v) is 3.82. The number of ketones is 1. The zero-order valence-corrected chi connectivity index (χ0v) is 17.8. The number of benzene rings is 1. The number of nitrogens with one attached hydrogen (secondary N) is 2. The Morgan fingerprint density at radius 1 is 1.30 bits per heavy atom. The molecule has 3 heterocycles. The highest BCUT2D eigenvalue weighted by Crippen LogP contribution is 2.32. The maximum absolute atomic E-state index is 11.8. The van der Waals surface area contributed by atoms with Crippen LogP contribution >= 0.6 is 0 Å². The van der Waals surface area contributed by atoms with Crippen LogP contribution in [0.25, 0.3) is 22.4 Å². The Bertz CT molecular complexity index is 1040. The van der Waals surface area contributed by atoms with E-state index in [0.717, 1.165) is 47.5 Å². The van der Waals surface area contributed by atoms with Crippen LogP contribution in [-0.4, -0.2) is 50.6 Å². The lowest BCUT2D eigenvalue weighted by atomic mass is 10.0. The lowest BCUT2D eigenvalue weighted by Gasteiger charge is -2.25. The number of Topliss-reactive ketones (excluding diaryl/α,β-unsaturated/α-hetero) is 1. The lowest BCUT2D eigenvalue weighted by molar-refractivity contribution is -0.122. The molecule has 0 spiro atoms. The predicted octanol–water partition coefficient (Wildman–Crippen LogP) is 3.04. The van der Waals surface area contributed by atoms with Crippen molar-refractivity contribution >= 4 is 22.6 Å². The van der Waals surface area contributed by atoms with Gasteiger partial charge < -0.3 is 15.0 Å². The molecule has 0 radical (unpaired) electrons. The van der Waals surface area contributed by atoms with Crippen LogP contribution in [0.5, 0.6) is 0 Å². The maximum Gasteiger partial charge on any atom is 0.163 e. The first-order chi connectivity index (χ1) is 14.4. The van der Waals surface area contributed by atoms with Crippen LogP contribution in [0.15, 0.2) is 36.4 Å². The van der Waals surface area contributed by atoms with Gasteiger partial charge in [-0.15, -0.1) is 0 Å². The standard InChI is InChI=1S/C23H29N5O2/c1-15(30)23(2,3)24-13-17-12-19-21(25-17)26-20(16-8-5-4-6-9-16)27-22(19)28-11-7-10-18(28)14-29/h4-6,8-9,12,18,24,29H,7,10-11,13-14H2,1-3H3,(H,25,26,27)/t18-/m1/s1. The summed E-state index contributed by atoms with van der Waals surface area (Å²) >= 11 is 0. The molecule has 4 rings (SSSR count). The SMILES string of the molecule is CC(=O)C(C)(C)NCc1cc2c(N3CCC[C@@H]3CO)nc(-c3ccccc3)nc2[nH]1. The van der Waals surface area contributed by atoms with Crippen LogP contribution in [-0.2, 0) is 11.3 Å². The molecule has 1 aromatic carbocycles. The number of nitrogens with zero attached hydrogens (tertiary/aromatic N) is 3. The first kappa shape index (κ1) is 20.5. The van der Waals surface area contributed by atoms with E-state index < -0.39 is 5.54 Å². The van der Waals surface area contributed by atoms with Gasteiger partial charge in [0.1, 0.15) is 17.2 Å². The average molecular weight is 408 g/mol. The fraction of sp³-hybridized carbons (Fsp3) is 0.435. The van der Waals surface area contributed by atoms with E-state index in [1.54, 1.807) is 6.92 Å². The van der Waals surface area contributed by atoms with Gasteiger partial charge in [0.25, 0.3) is 0 Å². The number of aliphatic hydroxyl groups excluding tert-OH is 1. The van der Waals surface area contributed by atoms with Crippen molar-refractivity contribution in [1.82, 2.24) is 20.3 Å². The summed E-state index contributed by atoms with van der Waals surface area (Å²) in [5, 5.41) is 14.1. The monoisotopic (exact) mass is 407 g/mol. The van der Waals surface area contributed by atoms with Gasteiger partial charge in [-0.1, -0.05) is 30.3 Å². The van der Waals surface area contributed by atoms with Crippen molar-refractivity contribution in [2.24, 2.45) is 0 Å². The highest BCUT2D eigenvalue weighted by molar-refractivity contribution is 5.90. The Morgan fingerprint density at radius 2 is 2.07 bits per heavy atom. The summed E-state index contributed by atoms with van der Waals surface area (Å²) in [6.07, 6.45) is 1.98. The Labute approximate surface area is 176 Å². The predicted molar refractivity (Wildman–Crippen MR) is 118 cm³/mol. The summed E-state index contributed by atoms with van der Waals surface area (Å²) in [6.45, 7) is 6.85. The van der Waals surface area contributed by atoms with Gasteiger partial charge in [0.05, 0.1) is 23.6 Å². The molecule has 158 valence electrons. The molecule has 2 aromatic heterocycles. The van der Waals surface area contributed by atoms with E-state index in [1.165, 1.54) is 0 Å². The number of rotatable bonds is 7. The minimum Gasteiger partial charge on any atom is -0.394 e. The summed E-state index contributed by atoms with van der Waals surface area (Å²) in [7, 11) is 0. The number of hydrogen-bond acceptors (Lipinski definition) is 6. The summed E-state index contributed by atoms with van der Waals surface area (Å²) in [4.78, 5) is 27.1. The molecule has 3 aromatic rings. The zero-order valence-electron chi connectivity index (χ0n) is 17.8. The molecule has 0 amide bonds. The van der Waals surface area contributed by atoms with Gasteiger partial charge in [-0.2, -0.15) is 0 Å². The number of fused-ring (bicyclic) bond motifs is 1. The Kier molecular flexibility index (Phi) is 5.58. The molecule has 1 aliphatic heterocycles. The van der Waals surface area contributed by atoms with Gasteiger partial charge in [0.2, 0.25) is 0 Å². The normalized spacial score (nSPS) is 17.1. The molecule has 1 aliphatic rings. The molecule has 0 bridgehead atoms. The molecule has 1 saturated heterocycles. The van der Waals surface area contributed by atoms with Gasteiger partial charge >= 0.3 is 0 Å². The van der Waals surface area contributed by atoms with Gasteiger partial charge in [0.15, 0.2) is 5.82 Å². The number of carbonyl (C=O) groups excluding carboxylic acids is 1. The second-order valence-electron chi connectivity index (χ2n) is 8.50. The van der Waals surface area contributed by atoms with Gasteiger partial charge in [-0.05, 0) is 39.7 Å². The van der Waals surface area contributed by atoms with Gasteiger partial charge in [-0.25, -0.2) is 9.97 Å². The number of aromatic nitrogens is 3. The Hall–Kier alpha value is -2.77. The molecule has 7 nitrogen and oxygen atoms in total. The molecule has 1 atom stereocenters. The zero-order chi connectivity index (χ0) is 21.3. The number of H-pyrrole nitrogens is 1. The van der Waals surface area contributed by atoms with Crippen molar-refractivity contribution in [1.29, 1.82) is 0 Å². The van der Waals surface area contributed by atoms with Gasteiger partial charge in [0, 0.05) is 24.3 Å². The van der Waals surface area contributed by atoms with Gasteiger partial charge in [-0.3, -0.25) is 10.1 Å². The van der Waals surface area contributed by atoms with E-state index in [0.29, 0.717) is 12.4 Å². The molecular formula is C23H29N5O2. The molecule has 7 heteroatoms. The Morgan fingerprint density at radius 3 is 2.77 bits per heavy atom. The van der Waals surface area contributed by atoms with Crippen LogP contribution in [0, 0.1) is 0 Å². The van der Waals surface area contributed by atoms with Crippen molar-refractivity contribution < 1.29 is 9.90 Å². The smallest absolute Gasteiger partial charge is 0.163 e. The van der Waals surface area contributed by atoms with E-state index in [4.69, 9.17) is 9.97 Å². The third-order valence-corrected chi connectivity index (χ3v) is 6.02. The first-order valence-corrected chi connectivity index (χ1v) is 10.5. The van der Waals surface area contributed by atoms with Crippen LogP contribution in [0.4, 0.5) is 5.82 Å². The van der Waals surface area contributed by atoms with E-state index in [1.807, 2.05) is 44.2 Å². The highest BCUT2D eigenvalue weighted by atomic mass is 16.3. The van der Waals surface area contributed by atoms with Crippen molar-refractivity contribution in [3.8, 4) is 11.4 Å². The largest absolute Gasteiger partial charge is 0.394 e. The van der Waals surface area contributed by atoms with E-state index in [9.17, 15) is 9.90 Å². The molecular weight excluding hydrogens is 378 g/mol. The molecule has 1 fully saturated rings. The summed E-state index contributed by atoms with van der Waals surface area (Å²) in [5.74, 6) is 1.60. The topological polar surface area (TPSA) is 94.1 Å². The second kappa shape index (κ2) is 8.16. The fourth-order valence-electron chi connectivity index (χ4n) is 3.82. The molecule has 0 saturated carbocycles. The second-order valence-corrected chi connectivity index (χ2v) is 8.50. The van der Waals surface area contributed by atoms with Crippen LogP contribution in [0.2, 0.25) is 0 Å². The quantitative estimate of drug-likeness (QED) is 0.557. The minimum atomic E-state index is -0.599. The van der Waals surface area contributed by atoms with E-state index >= 15 is 0 Å². The number of aliphatic hydroxyl groups is 1. The number of carbonyl (C=O) groups is 1. The average Bonchev–Trinajstić information content (AvgIpc) is 3.38. The van der Waals surface area contributed by atoms with Crippen molar-refractivity contribution in [3.05, 3.63) is 42.1 Å². The van der Waals surface area contributed by atoms with Crippen LogP contribution in [0.3, 0.4) is 0 Å². The number of anilines is 1. The maximum atomic E-state index is 11.8. The van der Waals surface area contributed by atoms with Crippen molar-refractivity contribution in [2.75, 3.05) is 18.1 Å². The first-order valence-electron chi connectivity index (χ1n) is 10.5. The summed E-state index contributed by atoms with van der Waals surface area (Å²) < 4.78 is 0. The van der Waals surface area contributed by atoms with Crippen LogP contribution < -0.4 is 10.2 Å². The lowest BCUT2D eigenvalue weighted by Crippen LogP contribution is -2.44. The molecule has 0 aliphatic carbocycles. The minimum absolute atomic E-state index is 0.0693.